The highest BCUT2D eigenvalue weighted by atomic mass is 31.1. The van der Waals surface area contributed by atoms with Crippen LogP contribution in [0.3, 0.4) is 0 Å². The zero-order chi connectivity index (χ0) is 9.97. The number of hydrogen-bond donors (Lipinski definition) is 0. The van der Waals surface area contributed by atoms with Gasteiger partial charge in [-0.05, 0) is 49.3 Å². The third kappa shape index (κ3) is 2.16. The molecule has 5 atom stereocenters. The molecule has 14 heavy (non-hydrogen) atoms. The van der Waals surface area contributed by atoms with Gasteiger partial charge in [0, 0.05) is 0 Å². The number of hydrogen-bond acceptors (Lipinski definition) is 0. The average Bonchev–Trinajstić information content (AvgIpc) is 2.64. The molecule has 1 heteroatoms. The predicted octanol–water partition coefficient (Wildman–Crippen LogP) is 4.29. The van der Waals surface area contributed by atoms with Crippen molar-refractivity contribution in [3.05, 3.63) is 0 Å². The van der Waals surface area contributed by atoms with Crippen LogP contribution in [0.25, 0.3) is 0 Å². The van der Waals surface area contributed by atoms with Gasteiger partial charge >= 0.3 is 0 Å². The van der Waals surface area contributed by atoms with Gasteiger partial charge in [-0.1, -0.05) is 32.6 Å². The SMILES string of the molecule is CPC1CCCCC1C1CCCC1C. The van der Waals surface area contributed by atoms with Crippen LogP contribution in [-0.4, -0.2) is 12.3 Å². The summed E-state index contributed by atoms with van der Waals surface area (Å²) in [5.74, 6) is 3.26. The summed E-state index contributed by atoms with van der Waals surface area (Å²) in [6.07, 6.45) is 10.7. The van der Waals surface area contributed by atoms with Crippen molar-refractivity contribution in [3.63, 3.8) is 0 Å². The van der Waals surface area contributed by atoms with Gasteiger partial charge in [0.05, 0.1) is 0 Å². The smallest absolute Gasteiger partial charge is 0.0208 e. The molecule has 82 valence electrons. The van der Waals surface area contributed by atoms with Gasteiger partial charge in [-0.15, -0.1) is 8.58 Å². The molecule has 0 amide bonds. The fourth-order valence-corrected chi connectivity index (χ4v) is 5.18. The largest absolute Gasteiger partial charge is 0.122 e. The van der Waals surface area contributed by atoms with Crippen LogP contribution < -0.4 is 0 Å². The molecule has 2 aliphatic rings. The van der Waals surface area contributed by atoms with Crippen molar-refractivity contribution in [3.8, 4) is 0 Å². The van der Waals surface area contributed by atoms with E-state index in [1.807, 2.05) is 0 Å². The molecule has 0 aromatic heterocycles. The quantitative estimate of drug-likeness (QED) is 0.599. The summed E-state index contributed by atoms with van der Waals surface area (Å²) >= 11 is 0. The van der Waals surface area contributed by atoms with Gasteiger partial charge in [-0.25, -0.2) is 0 Å². The van der Waals surface area contributed by atoms with E-state index in [9.17, 15) is 0 Å². The molecule has 0 heterocycles. The van der Waals surface area contributed by atoms with E-state index in [0.29, 0.717) is 0 Å². The molecule has 5 unspecified atom stereocenters. The topological polar surface area (TPSA) is 0 Å². The lowest BCUT2D eigenvalue weighted by molar-refractivity contribution is 0.218. The Morgan fingerprint density at radius 3 is 2.21 bits per heavy atom. The molecule has 0 nitrogen and oxygen atoms in total. The van der Waals surface area contributed by atoms with Gasteiger partial charge in [0.15, 0.2) is 0 Å². The van der Waals surface area contributed by atoms with Crippen molar-refractivity contribution in [1.82, 2.24) is 0 Å². The van der Waals surface area contributed by atoms with E-state index >= 15 is 0 Å². The Morgan fingerprint density at radius 1 is 0.857 bits per heavy atom. The van der Waals surface area contributed by atoms with Crippen LogP contribution in [0, 0.1) is 17.8 Å². The zero-order valence-corrected chi connectivity index (χ0v) is 10.8. The Morgan fingerprint density at radius 2 is 1.57 bits per heavy atom. The van der Waals surface area contributed by atoms with E-state index in [4.69, 9.17) is 0 Å². The Balaban J connectivity index is 1.99. The minimum absolute atomic E-state index is 1.04. The second-order valence-electron chi connectivity index (χ2n) is 5.42. The van der Waals surface area contributed by atoms with E-state index < -0.39 is 0 Å². The van der Waals surface area contributed by atoms with Gasteiger partial charge < -0.3 is 0 Å². The molecule has 2 rings (SSSR count). The third-order valence-corrected chi connectivity index (χ3v) is 6.13. The van der Waals surface area contributed by atoms with Gasteiger partial charge in [-0.2, -0.15) is 0 Å². The van der Waals surface area contributed by atoms with Crippen LogP contribution in [0.1, 0.15) is 51.9 Å². The summed E-state index contributed by atoms with van der Waals surface area (Å²) in [7, 11) is 1.20. The normalized spacial score (nSPS) is 45.0. The van der Waals surface area contributed by atoms with Crippen molar-refractivity contribution >= 4 is 8.58 Å². The zero-order valence-electron chi connectivity index (χ0n) is 9.76. The molecular formula is C13H25P. The molecule has 0 aromatic carbocycles. The lowest BCUT2D eigenvalue weighted by Crippen LogP contribution is -2.29. The Hall–Kier alpha value is 0.430. The molecule has 0 aliphatic heterocycles. The molecule has 0 saturated heterocycles. The summed E-state index contributed by atoms with van der Waals surface area (Å²) in [5, 5.41) is 0. The van der Waals surface area contributed by atoms with Gasteiger partial charge in [0.2, 0.25) is 0 Å². The Labute approximate surface area is 91.0 Å². The standard InChI is InChI=1S/C13H25P/c1-10-6-5-8-11(10)12-7-3-4-9-13(12)14-2/h10-14H,3-9H2,1-2H3. The van der Waals surface area contributed by atoms with Crippen molar-refractivity contribution in [2.45, 2.75) is 57.5 Å². The maximum atomic E-state index is 2.50. The van der Waals surface area contributed by atoms with Crippen LogP contribution in [0.5, 0.6) is 0 Å². The van der Waals surface area contributed by atoms with Gasteiger partial charge in [-0.3, -0.25) is 0 Å². The van der Waals surface area contributed by atoms with Crippen molar-refractivity contribution in [2.75, 3.05) is 6.66 Å². The Kier molecular flexibility index (Phi) is 3.88. The molecular weight excluding hydrogens is 187 g/mol. The molecule has 2 saturated carbocycles. The lowest BCUT2D eigenvalue weighted by atomic mass is 9.75. The lowest BCUT2D eigenvalue weighted by Gasteiger charge is -2.37. The Bertz CT molecular complexity index is 178. The van der Waals surface area contributed by atoms with Crippen LogP contribution in [0.2, 0.25) is 0 Å². The van der Waals surface area contributed by atoms with Crippen molar-refractivity contribution in [1.29, 1.82) is 0 Å². The molecule has 2 fully saturated rings. The van der Waals surface area contributed by atoms with E-state index in [2.05, 4.69) is 13.6 Å². The van der Waals surface area contributed by atoms with E-state index in [-0.39, 0.29) is 0 Å². The summed E-state index contributed by atoms with van der Waals surface area (Å²) in [6.45, 7) is 4.94. The molecule has 0 N–H and O–H groups in total. The van der Waals surface area contributed by atoms with Crippen LogP contribution >= 0.6 is 8.58 Å². The van der Waals surface area contributed by atoms with Crippen LogP contribution in [0.4, 0.5) is 0 Å². The first kappa shape index (κ1) is 10.9. The summed E-state index contributed by atoms with van der Waals surface area (Å²) in [5.41, 5.74) is 1.11. The predicted molar refractivity (Wildman–Crippen MR) is 66.5 cm³/mol. The van der Waals surface area contributed by atoms with Crippen LogP contribution in [-0.2, 0) is 0 Å². The molecule has 2 aliphatic carbocycles. The highest BCUT2D eigenvalue weighted by molar-refractivity contribution is 7.37. The second kappa shape index (κ2) is 4.97. The van der Waals surface area contributed by atoms with Crippen molar-refractivity contribution in [2.24, 2.45) is 17.8 Å². The van der Waals surface area contributed by atoms with Gasteiger partial charge in [0.25, 0.3) is 0 Å². The fourth-order valence-electron chi connectivity index (χ4n) is 3.84. The first-order chi connectivity index (χ1) is 6.83. The maximum Gasteiger partial charge on any atom is -0.0208 e. The molecule has 0 spiro atoms. The molecule has 0 radical (unpaired) electrons. The van der Waals surface area contributed by atoms with E-state index in [0.717, 1.165) is 23.4 Å². The summed E-state index contributed by atoms with van der Waals surface area (Å²) < 4.78 is 0. The first-order valence-electron chi connectivity index (χ1n) is 6.50. The van der Waals surface area contributed by atoms with Gasteiger partial charge in [0.1, 0.15) is 0 Å². The molecule has 0 bridgehead atoms. The number of rotatable bonds is 2. The minimum atomic E-state index is 1.04. The minimum Gasteiger partial charge on any atom is -0.122 e. The monoisotopic (exact) mass is 212 g/mol. The fraction of sp³-hybridized carbons (Fsp3) is 1.00. The average molecular weight is 212 g/mol. The molecule has 0 aromatic rings. The summed E-state index contributed by atoms with van der Waals surface area (Å²) in [6, 6.07) is 0. The van der Waals surface area contributed by atoms with Crippen LogP contribution in [0.15, 0.2) is 0 Å². The maximum absolute atomic E-state index is 2.50. The first-order valence-corrected chi connectivity index (χ1v) is 8.08. The van der Waals surface area contributed by atoms with E-state index in [1.165, 1.54) is 34.3 Å². The second-order valence-corrected chi connectivity index (χ2v) is 6.73. The van der Waals surface area contributed by atoms with Crippen molar-refractivity contribution < 1.29 is 0 Å². The summed E-state index contributed by atoms with van der Waals surface area (Å²) in [4.78, 5) is 0. The highest BCUT2D eigenvalue weighted by Crippen LogP contribution is 2.47. The third-order valence-electron chi connectivity index (χ3n) is 4.67. The highest BCUT2D eigenvalue weighted by Gasteiger charge is 2.35. The van der Waals surface area contributed by atoms with E-state index in [1.54, 1.807) is 19.3 Å².